The van der Waals surface area contributed by atoms with Gasteiger partial charge in [0.05, 0.1) is 11.0 Å². The molecule has 0 aliphatic carbocycles. The Morgan fingerprint density at radius 1 is 0.459 bits per heavy atom. The van der Waals surface area contributed by atoms with E-state index < -0.39 is 0 Å². The second kappa shape index (κ2) is 8.61. The van der Waals surface area contributed by atoms with E-state index in [0.29, 0.717) is 0 Å². The Bertz CT molecular complexity index is 1820. The third-order valence-corrected chi connectivity index (χ3v) is 7.03. The lowest BCUT2D eigenvalue weighted by atomic mass is 10.1. The van der Waals surface area contributed by atoms with Gasteiger partial charge in [-0.05, 0) is 48.9 Å². The van der Waals surface area contributed by atoms with E-state index in [0.717, 1.165) is 39.7 Å². The second-order valence-corrected chi connectivity index (χ2v) is 9.25. The average Bonchev–Trinajstić information content (AvgIpc) is 3.54. The zero-order chi connectivity index (χ0) is 24.8. The molecule has 4 nitrogen and oxygen atoms in total. The molecule has 0 atom stereocenters. The standard InChI is InChI=1S/C33H24N4/c1-23-11-5-6-14-27(23)33-35-34-32(24-12-3-2-4-13-24)37(33)26-21-19-25(20-22-26)36-30-17-9-7-15-28(30)29-16-8-10-18-31(29)36/h2-22H,1H3. The number of benzene rings is 5. The molecule has 0 N–H and O–H groups in total. The van der Waals surface area contributed by atoms with E-state index in [1.807, 2.05) is 18.2 Å². The van der Waals surface area contributed by atoms with Gasteiger partial charge in [-0.1, -0.05) is 91.0 Å². The lowest BCUT2D eigenvalue weighted by Gasteiger charge is -2.14. The Kier molecular flexibility index (Phi) is 4.96. The normalized spacial score (nSPS) is 11.4. The molecule has 0 unspecified atom stereocenters. The van der Waals surface area contributed by atoms with Crippen molar-refractivity contribution in [3.63, 3.8) is 0 Å². The molecular weight excluding hydrogens is 452 g/mol. The van der Waals surface area contributed by atoms with Gasteiger partial charge in [-0.3, -0.25) is 4.57 Å². The molecule has 0 aliphatic heterocycles. The highest BCUT2D eigenvalue weighted by molar-refractivity contribution is 6.09. The lowest BCUT2D eigenvalue weighted by Crippen LogP contribution is -2.02. The molecule has 0 spiro atoms. The minimum atomic E-state index is 0.823. The average molecular weight is 477 g/mol. The van der Waals surface area contributed by atoms with E-state index in [4.69, 9.17) is 0 Å². The lowest BCUT2D eigenvalue weighted by molar-refractivity contribution is 1.06. The van der Waals surface area contributed by atoms with Gasteiger partial charge in [0, 0.05) is 33.3 Å². The van der Waals surface area contributed by atoms with Gasteiger partial charge < -0.3 is 4.57 Å². The molecule has 0 radical (unpaired) electrons. The third-order valence-electron chi connectivity index (χ3n) is 7.03. The Labute approximate surface area is 215 Å². The number of fused-ring (bicyclic) bond motifs is 3. The summed E-state index contributed by atoms with van der Waals surface area (Å²) in [5.74, 6) is 1.66. The molecule has 0 amide bonds. The van der Waals surface area contributed by atoms with Crippen LogP contribution in [0.1, 0.15) is 5.56 Å². The molecule has 7 rings (SSSR count). The Morgan fingerprint density at radius 2 is 0.973 bits per heavy atom. The molecule has 0 fully saturated rings. The summed E-state index contributed by atoms with van der Waals surface area (Å²) in [6, 6.07) is 44.4. The fourth-order valence-corrected chi connectivity index (χ4v) is 5.25. The topological polar surface area (TPSA) is 35.6 Å². The Morgan fingerprint density at radius 3 is 1.62 bits per heavy atom. The number of hydrogen-bond donors (Lipinski definition) is 0. The maximum atomic E-state index is 4.66. The van der Waals surface area contributed by atoms with Gasteiger partial charge >= 0.3 is 0 Å². The van der Waals surface area contributed by atoms with E-state index >= 15 is 0 Å². The summed E-state index contributed by atoms with van der Waals surface area (Å²) in [5, 5.41) is 11.8. The van der Waals surface area contributed by atoms with Crippen LogP contribution in [0.2, 0.25) is 0 Å². The quantitative estimate of drug-likeness (QED) is 0.258. The van der Waals surface area contributed by atoms with E-state index in [9.17, 15) is 0 Å². The zero-order valence-corrected chi connectivity index (χ0v) is 20.4. The molecule has 0 saturated carbocycles. The van der Waals surface area contributed by atoms with Crippen LogP contribution in [0.4, 0.5) is 0 Å². The number of aryl methyl sites for hydroxylation is 1. The maximum Gasteiger partial charge on any atom is 0.169 e. The number of nitrogens with zero attached hydrogens (tertiary/aromatic N) is 4. The van der Waals surface area contributed by atoms with Gasteiger partial charge in [-0.15, -0.1) is 10.2 Å². The molecular formula is C33H24N4. The van der Waals surface area contributed by atoms with Gasteiger partial charge in [0.25, 0.3) is 0 Å². The second-order valence-electron chi connectivity index (χ2n) is 9.25. The first kappa shape index (κ1) is 21.3. The number of hydrogen-bond acceptors (Lipinski definition) is 2. The molecule has 2 aromatic heterocycles. The van der Waals surface area contributed by atoms with Crippen LogP contribution in [0.5, 0.6) is 0 Å². The monoisotopic (exact) mass is 476 g/mol. The van der Waals surface area contributed by atoms with Crippen LogP contribution in [0, 0.1) is 6.92 Å². The predicted octanol–water partition coefficient (Wildman–Crippen LogP) is 8.01. The fraction of sp³-hybridized carbons (Fsp3) is 0.0303. The number of aromatic nitrogens is 4. The van der Waals surface area contributed by atoms with Crippen LogP contribution in [-0.4, -0.2) is 19.3 Å². The number of para-hydroxylation sites is 2. The van der Waals surface area contributed by atoms with Crippen LogP contribution in [0.15, 0.2) is 127 Å². The van der Waals surface area contributed by atoms with Crippen molar-refractivity contribution < 1.29 is 0 Å². The van der Waals surface area contributed by atoms with Crippen molar-refractivity contribution in [2.45, 2.75) is 6.92 Å². The molecule has 4 heteroatoms. The maximum absolute atomic E-state index is 4.66. The minimum Gasteiger partial charge on any atom is -0.309 e. The van der Waals surface area contributed by atoms with Crippen LogP contribution in [0.25, 0.3) is 56.0 Å². The van der Waals surface area contributed by atoms with Gasteiger partial charge in [0.2, 0.25) is 0 Å². The Hall–Kier alpha value is -4.96. The molecule has 176 valence electrons. The van der Waals surface area contributed by atoms with Gasteiger partial charge in [0.15, 0.2) is 11.6 Å². The highest BCUT2D eigenvalue weighted by atomic mass is 15.3. The molecule has 0 aliphatic rings. The Balaban J connectivity index is 1.42. The highest BCUT2D eigenvalue weighted by Gasteiger charge is 2.19. The summed E-state index contributed by atoms with van der Waals surface area (Å²) in [5.41, 5.74) is 7.81. The molecule has 0 saturated heterocycles. The summed E-state index contributed by atoms with van der Waals surface area (Å²) in [6.07, 6.45) is 0. The SMILES string of the molecule is Cc1ccccc1-c1nnc(-c2ccccc2)n1-c1ccc(-n2c3ccccc3c3ccccc32)cc1. The largest absolute Gasteiger partial charge is 0.309 e. The smallest absolute Gasteiger partial charge is 0.169 e. The van der Waals surface area contributed by atoms with Crippen molar-refractivity contribution in [3.05, 3.63) is 133 Å². The molecule has 7 aromatic rings. The van der Waals surface area contributed by atoms with Crippen molar-refractivity contribution in [2.24, 2.45) is 0 Å². The first-order valence-electron chi connectivity index (χ1n) is 12.5. The van der Waals surface area contributed by atoms with Crippen LogP contribution < -0.4 is 0 Å². The van der Waals surface area contributed by atoms with Crippen molar-refractivity contribution in [3.8, 4) is 34.2 Å². The molecule has 5 aromatic carbocycles. The number of rotatable bonds is 4. The van der Waals surface area contributed by atoms with E-state index in [2.05, 4.69) is 135 Å². The predicted molar refractivity (Wildman–Crippen MR) is 151 cm³/mol. The van der Waals surface area contributed by atoms with Gasteiger partial charge in [-0.25, -0.2) is 0 Å². The summed E-state index contributed by atoms with van der Waals surface area (Å²) in [6.45, 7) is 2.11. The van der Waals surface area contributed by atoms with Gasteiger partial charge in [-0.2, -0.15) is 0 Å². The summed E-state index contributed by atoms with van der Waals surface area (Å²) >= 11 is 0. The van der Waals surface area contributed by atoms with Crippen molar-refractivity contribution in [1.29, 1.82) is 0 Å². The van der Waals surface area contributed by atoms with Crippen molar-refractivity contribution >= 4 is 21.8 Å². The van der Waals surface area contributed by atoms with Gasteiger partial charge in [0.1, 0.15) is 0 Å². The summed E-state index contributed by atoms with van der Waals surface area (Å²) in [7, 11) is 0. The minimum absolute atomic E-state index is 0.823. The first-order valence-corrected chi connectivity index (χ1v) is 12.5. The van der Waals surface area contributed by atoms with Crippen LogP contribution >= 0.6 is 0 Å². The molecule has 2 heterocycles. The van der Waals surface area contributed by atoms with Crippen molar-refractivity contribution in [1.82, 2.24) is 19.3 Å². The zero-order valence-electron chi connectivity index (χ0n) is 20.4. The molecule has 0 bridgehead atoms. The highest BCUT2D eigenvalue weighted by Crippen LogP contribution is 2.34. The van der Waals surface area contributed by atoms with E-state index in [1.54, 1.807) is 0 Å². The van der Waals surface area contributed by atoms with Crippen LogP contribution in [-0.2, 0) is 0 Å². The summed E-state index contributed by atoms with van der Waals surface area (Å²) < 4.78 is 4.49. The first-order chi connectivity index (χ1) is 18.3. The van der Waals surface area contributed by atoms with Crippen LogP contribution in [0.3, 0.4) is 0 Å². The van der Waals surface area contributed by atoms with E-state index in [-0.39, 0.29) is 0 Å². The van der Waals surface area contributed by atoms with Crippen molar-refractivity contribution in [2.75, 3.05) is 0 Å². The molecule has 37 heavy (non-hydrogen) atoms. The van der Waals surface area contributed by atoms with E-state index in [1.165, 1.54) is 21.8 Å². The third kappa shape index (κ3) is 3.46. The fourth-order valence-electron chi connectivity index (χ4n) is 5.25. The summed E-state index contributed by atoms with van der Waals surface area (Å²) in [4.78, 5) is 0.